The van der Waals surface area contributed by atoms with E-state index in [4.69, 9.17) is 5.73 Å². The van der Waals surface area contributed by atoms with E-state index in [-0.39, 0.29) is 11.4 Å². The number of aryl methyl sites for hydroxylation is 1. The number of nitrogens with one attached hydrogen (secondary N) is 1. The standard InChI is InChI=1S/C12H14N4O2S/c1-9-3-2-6-14-12(9)16-19(17,18)11-5-4-10(7-13)15-8-11/h2-6,8H,7,13H2,1H3,(H,14,16). The van der Waals surface area contributed by atoms with Crippen LogP contribution < -0.4 is 10.5 Å². The first-order valence-electron chi connectivity index (χ1n) is 5.62. The molecule has 0 amide bonds. The van der Waals surface area contributed by atoms with E-state index < -0.39 is 10.0 Å². The zero-order valence-electron chi connectivity index (χ0n) is 10.4. The molecule has 2 aromatic rings. The Bertz CT molecular complexity index is 668. The van der Waals surface area contributed by atoms with E-state index in [0.717, 1.165) is 5.56 Å². The van der Waals surface area contributed by atoms with Crippen LogP contribution in [0.5, 0.6) is 0 Å². The molecule has 0 spiro atoms. The van der Waals surface area contributed by atoms with Gasteiger partial charge in [-0.15, -0.1) is 0 Å². The van der Waals surface area contributed by atoms with Gasteiger partial charge in [0.15, 0.2) is 0 Å². The van der Waals surface area contributed by atoms with Crippen molar-refractivity contribution < 1.29 is 8.42 Å². The highest BCUT2D eigenvalue weighted by molar-refractivity contribution is 7.92. The van der Waals surface area contributed by atoms with Crippen molar-refractivity contribution in [1.29, 1.82) is 0 Å². The number of aromatic nitrogens is 2. The van der Waals surface area contributed by atoms with E-state index in [1.807, 2.05) is 0 Å². The van der Waals surface area contributed by atoms with E-state index in [1.54, 1.807) is 25.1 Å². The van der Waals surface area contributed by atoms with Crippen LogP contribution in [0.4, 0.5) is 5.82 Å². The number of hydrogen-bond acceptors (Lipinski definition) is 5. The highest BCUT2D eigenvalue weighted by Crippen LogP contribution is 2.16. The molecule has 0 bridgehead atoms. The van der Waals surface area contributed by atoms with Crippen molar-refractivity contribution in [3.05, 3.63) is 47.9 Å². The zero-order valence-corrected chi connectivity index (χ0v) is 11.2. The Morgan fingerprint density at radius 3 is 2.63 bits per heavy atom. The summed E-state index contributed by atoms with van der Waals surface area (Å²) < 4.78 is 26.7. The van der Waals surface area contributed by atoms with Gasteiger partial charge in [-0.25, -0.2) is 13.4 Å². The van der Waals surface area contributed by atoms with Gasteiger partial charge in [-0.05, 0) is 30.7 Å². The average Bonchev–Trinajstić information content (AvgIpc) is 2.41. The minimum atomic E-state index is -3.68. The van der Waals surface area contributed by atoms with Gasteiger partial charge < -0.3 is 5.73 Å². The maximum Gasteiger partial charge on any atom is 0.264 e. The minimum Gasteiger partial charge on any atom is -0.325 e. The largest absolute Gasteiger partial charge is 0.325 e. The summed E-state index contributed by atoms with van der Waals surface area (Å²) in [5, 5.41) is 0. The van der Waals surface area contributed by atoms with E-state index in [9.17, 15) is 8.42 Å². The molecule has 0 unspecified atom stereocenters. The Labute approximate surface area is 111 Å². The molecule has 7 heteroatoms. The van der Waals surface area contributed by atoms with Gasteiger partial charge >= 0.3 is 0 Å². The normalized spacial score (nSPS) is 11.3. The molecule has 0 saturated heterocycles. The Morgan fingerprint density at radius 2 is 2.05 bits per heavy atom. The first-order valence-corrected chi connectivity index (χ1v) is 7.10. The van der Waals surface area contributed by atoms with Crippen molar-refractivity contribution in [3.8, 4) is 0 Å². The van der Waals surface area contributed by atoms with Crippen molar-refractivity contribution in [3.63, 3.8) is 0 Å². The molecule has 0 aromatic carbocycles. The van der Waals surface area contributed by atoms with E-state index in [2.05, 4.69) is 14.7 Å². The molecule has 0 radical (unpaired) electrons. The third-order valence-corrected chi connectivity index (χ3v) is 3.88. The van der Waals surface area contributed by atoms with Crippen molar-refractivity contribution >= 4 is 15.8 Å². The molecule has 0 aliphatic carbocycles. The number of anilines is 1. The Kier molecular flexibility index (Phi) is 3.77. The molecule has 2 heterocycles. The molecular formula is C12H14N4O2S. The molecule has 2 rings (SSSR count). The SMILES string of the molecule is Cc1cccnc1NS(=O)(=O)c1ccc(CN)nc1. The van der Waals surface area contributed by atoms with Crippen molar-refractivity contribution in [2.75, 3.05) is 4.72 Å². The van der Waals surface area contributed by atoms with Gasteiger partial charge in [0.05, 0.1) is 5.69 Å². The van der Waals surface area contributed by atoms with Gasteiger partial charge in [-0.3, -0.25) is 9.71 Å². The highest BCUT2D eigenvalue weighted by atomic mass is 32.2. The number of rotatable bonds is 4. The fourth-order valence-corrected chi connectivity index (χ4v) is 2.49. The van der Waals surface area contributed by atoms with Crippen LogP contribution in [0, 0.1) is 6.92 Å². The molecule has 6 nitrogen and oxygen atoms in total. The second-order valence-corrected chi connectivity index (χ2v) is 5.65. The first-order chi connectivity index (χ1) is 9.03. The predicted octanol–water partition coefficient (Wildman–Crippen LogP) is 1.04. The number of nitrogens with two attached hydrogens (primary N) is 1. The summed E-state index contributed by atoms with van der Waals surface area (Å²) in [7, 11) is -3.68. The predicted molar refractivity (Wildman–Crippen MR) is 71.9 cm³/mol. The molecule has 3 N–H and O–H groups in total. The zero-order chi connectivity index (χ0) is 13.9. The summed E-state index contributed by atoms with van der Waals surface area (Å²) >= 11 is 0. The first kappa shape index (κ1) is 13.4. The van der Waals surface area contributed by atoms with Gasteiger partial charge in [0.2, 0.25) is 0 Å². The summed E-state index contributed by atoms with van der Waals surface area (Å²) in [6.45, 7) is 2.05. The smallest absolute Gasteiger partial charge is 0.264 e. The summed E-state index contributed by atoms with van der Waals surface area (Å²) in [6.07, 6.45) is 2.81. The van der Waals surface area contributed by atoms with Crippen molar-refractivity contribution in [2.24, 2.45) is 5.73 Å². The van der Waals surface area contributed by atoms with E-state index in [1.165, 1.54) is 18.5 Å². The van der Waals surface area contributed by atoms with Crippen LogP contribution in [0.25, 0.3) is 0 Å². The molecule has 0 saturated carbocycles. The second-order valence-electron chi connectivity index (χ2n) is 3.96. The Balaban J connectivity index is 2.30. The van der Waals surface area contributed by atoms with Crippen molar-refractivity contribution in [2.45, 2.75) is 18.4 Å². The number of pyridine rings is 2. The Hall–Kier alpha value is -1.99. The van der Waals surface area contributed by atoms with Crippen LogP contribution in [0.3, 0.4) is 0 Å². The third-order valence-electron chi connectivity index (χ3n) is 2.56. The quantitative estimate of drug-likeness (QED) is 0.871. The topological polar surface area (TPSA) is 98.0 Å². The fourth-order valence-electron chi connectivity index (χ4n) is 1.47. The van der Waals surface area contributed by atoms with Gasteiger partial charge in [-0.2, -0.15) is 0 Å². The second kappa shape index (κ2) is 5.33. The molecule has 100 valence electrons. The number of sulfonamides is 1. The molecular weight excluding hydrogens is 264 g/mol. The van der Waals surface area contributed by atoms with Gasteiger partial charge in [0, 0.05) is 18.9 Å². The maximum atomic E-state index is 12.1. The highest BCUT2D eigenvalue weighted by Gasteiger charge is 2.16. The van der Waals surface area contributed by atoms with E-state index in [0.29, 0.717) is 11.5 Å². The minimum absolute atomic E-state index is 0.0785. The number of hydrogen-bond donors (Lipinski definition) is 2. The molecule has 0 aliphatic rings. The monoisotopic (exact) mass is 278 g/mol. The molecule has 19 heavy (non-hydrogen) atoms. The van der Waals surface area contributed by atoms with Crippen LogP contribution in [0.15, 0.2) is 41.6 Å². The fraction of sp³-hybridized carbons (Fsp3) is 0.167. The van der Waals surface area contributed by atoms with Gasteiger partial charge in [0.1, 0.15) is 10.7 Å². The number of nitrogens with zero attached hydrogens (tertiary/aromatic N) is 2. The maximum absolute atomic E-state index is 12.1. The van der Waals surface area contributed by atoms with Crippen LogP contribution in [0.1, 0.15) is 11.3 Å². The summed E-state index contributed by atoms with van der Waals surface area (Å²) in [4.78, 5) is 8.03. The van der Waals surface area contributed by atoms with Crippen molar-refractivity contribution in [1.82, 2.24) is 9.97 Å². The lowest BCUT2D eigenvalue weighted by Gasteiger charge is -2.09. The van der Waals surface area contributed by atoms with Crippen LogP contribution in [-0.2, 0) is 16.6 Å². The lowest BCUT2D eigenvalue weighted by Crippen LogP contribution is -2.15. The van der Waals surface area contributed by atoms with Crippen LogP contribution in [-0.4, -0.2) is 18.4 Å². The van der Waals surface area contributed by atoms with Gasteiger partial charge in [-0.1, -0.05) is 6.07 Å². The van der Waals surface area contributed by atoms with Crippen LogP contribution >= 0.6 is 0 Å². The summed E-state index contributed by atoms with van der Waals surface area (Å²) in [5.41, 5.74) is 6.79. The van der Waals surface area contributed by atoms with E-state index >= 15 is 0 Å². The Morgan fingerprint density at radius 1 is 1.26 bits per heavy atom. The lowest BCUT2D eigenvalue weighted by molar-refractivity contribution is 0.600. The average molecular weight is 278 g/mol. The molecule has 0 atom stereocenters. The molecule has 2 aromatic heterocycles. The van der Waals surface area contributed by atoms with Crippen LogP contribution in [0.2, 0.25) is 0 Å². The summed E-state index contributed by atoms with van der Waals surface area (Å²) in [6, 6.07) is 6.57. The summed E-state index contributed by atoms with van der Waals surface area (Å²) in [5.74, 6) is 0.311. The third kappa shape index (κ3) is 3.07. The molecule has 0 fully saturated rings. The molecule has 0 aliphatic heterocycles. The van der Waals surface area contributed by atoms with Gasteiger partial charge in [0.25, 0.3) is 10.0 Å². The lowest BCUT2D eigenvalue weighted by atomic mass is 10.3.